The van der Waals surface area contributed by atoms with Crippen LogP contribution >= 0.6 is 0 Å². The lowest BCUT2D eigenvalue weighted by Gasteiger charge is -2.41. The zero-order valence-electron chi connectivity index (χ0n) is 15.7. The van der Waals surface area contributed by atoms with Crippen LogP contribution in [0.3, 0.4) is 0 Å². The summed E-state index contributed by atoms with van der Waals surface area (Å²) in [5, 5.41) is 0. The first-order chi connectivity index (χ1) is 11.9. The molecular formula is C15H28N4O6. The predicted octanol–water partition coefficient (Wildman–Crippen LogP) is 0.698. The smallest absolute Gasteiger partial charge is 0.327 e. The molecule has 0 N–H and O–H groups in total. The number of methoxy groups -OCH3 is 4. The summed E-state index contributed by atoms with van der Waals surface area (Å²) in [7, 11) is 6.06. The second kappa shape index (κ2) is 7.73. The van der Waals surface area contributed by atoms with Crippen molar-refractivity contribution in [2.75, 3.05) is 48.6 Å². The number of rotatable bonds is 9. The summed E-state index contributed by atoms with van der Waals surface area (Å²) < 4.78 is 21.2. The van der Waals surface area contributed by atoms with Crippen LogP contribution in [0.4, 0.5) is 9.59 Å². The molecule has 10 nitrogen and oxygen atoms in total. The van der Waals surface area contributed by atoms with Crippen LogP contribution in [0.1, 0.15) is 20.3 Å². The summed E-state index contributed by atoms with van der Waals surface area (Å²) in [4.78, 5) is 32.1. The first kappa shape index (κ1) is 19.7. The van der Waals surface area contributed by atoms with Crippen molar-refractivity contribution in [2.24, 2.45) is 0 Å². The molecule has 2 fully saturated rings. The van der Waals surface area contributed by atoms with Gasteiger partial charge in [0.25, 0.3) is 0 Å². The molecule has 3 unspecified atom stereocenters. The Morgan fingerprint density at radius 3 is 1.68 bits per heavy atom. The van der Waals surface area contributed by atoms with Crippen molar-refractivity contribution in [1.82, 2.24) is 19.6 Å². The Kier molecular flexibility index (Phi) is 6.09. The van der Waals surface area contributed by atoms with Gasteiger partial charge in [-0.15, -0.1) is 0 Å². The molecule has 4 amide bonds. The van der Waals surface area contributed by atoms with Gasteiger partial charge >= 0.3 is 12.1 Å². The van der Waals surface area contributed by atoms with Gasteiger partial charge in [-0.1, -0.05) is 6.92 Å². The lowest BCUT2D eigenvalue weighted by molar-refractivity contribution is -0.132. The van der Waals surface area contributed by atoms with E-state index in [0.29, 0.717) is 6.42 Å². The molecular weight excluding hydrogens is 332 g/mol. The van der Waals surface area contributed by atoms with Crippen molar-refractivity contribution in [3.05, 3.63) is 0 Å². The van der Waals surface area contributed by atoms with Crippen LogP contribution in [0.15, 0.2) is 0 Å². The normalized spacial score (nSPS) is 25.8. The van der Waals surface area contributed by atoms with Crippen LogP contribution in [0.5, 0.6) is 0 Å². The third kappa shape index (κ3) is 3.03. The maximum atomic E-state index is 13.1. The maximum Gasteiger partial charge on any atom is 0.327 e. The number of hydrogen-bond acceptors (Lipinski definition) is 6. The number of amides is 4. The first-order valence-corrected chi connectivity index (χ1v) is 8.10. The maximum absolute atomic E-state index is 13.1. The molecule has 2 saturated heterocycles. The van der Waals surface area contributed by atoms with Gasteiger partial charge in [0.05, 0.1) is 0 Å². The second-order valence-corrected chi connectivity index (χ2v) is 6.16. The summed E-state index contributed by atoms with van der Waals surface area (Å²) in [6.07, 6.45) is -0.579. The largest absolute Gasteiger partial charge is 0.364 e. The molecule has 0 saturated carbocycles. The lowest BCUT2D eigenvalue weighted by atomic mass is 10.1. The molecule has 2 aliphatic heterocycles. The fraction of sp³-hybridized carbons (Fsp3) is 0.867. The minimum atomic E-state index is -0.877. The summed E-state index contributed by atoms with van der Waals surface area (Å²) in [6.45, 7) is 3.90. The minimum absolute atomic E-state index is 0.0499. The van der Waals surface area contributed by atoms with E-state index in [1.54, 1.807) is 12.0 Å². The monoisotopic (exact) mass is 360 g/mol. The second-order valence-electron chi connectivity index (χ2n) is 6.16. The lowest BCUT2D eigenvalue weighted by Crippen LogP contribution is -2.58. The van der Waals surface area contributed by atoms with Crippen LogP contribution < -0.4 is 0 Å². The summed E-state index contributed by atoms with van der Waals surface area (Å²) >= 11 is 0. The standard InChI is InChI=1S/C15H28N4O6/c1-7-15(2,25-6)19-12-11(17(9-23-4)14(19)21)16(8-22-3)13(20)18(12)10-24-5/h11-12H,7-10H2,1-6H3. The van der Waals surface area contributed by atoms with Crippen molar-refractivity contribution < 1.29 is 28.5 Å². The number of ether oxygens (including phenoxy) is 4. The Morgan fingerprint density at radius 2 is 1.28 bits per heavy atom. The predicted molar refractivity (Wildman–Crippen MR) is 87.1 cm³/mol. The quantitative estimate of drug-likeness (QED) is 0.602. The average Bonchev–Trinajstić information content (AvgIpc) is 3.02. The van der Waals surface area contributed by atoms with Gasteiger partial charge in [-0.05, 0) is 13.3 Å². The number of carbonyl (C=O) groups is 2. The number of nitrogens with zero attached hydrogens (tertiary/aromatic N) is 4. The van der Waals surface area contributed by atoms with E-state index >= 15 is 0 Å². The van der Waals surface area contributed by atoms with Gasteiger partial charge in [-0.25, -0.2) is 9.59 Å². The van der Waals surface area contributed by atoms with Crippen LogP contribution in [0, 0.1) is 0 Å². The van der Waals surface area contributed by atoms with Gasteiger partial charge in [0.15, 0.2) is 12.3 Å². The van der Waals surface area contributed by atoms with Crippen molar-refractivity contribution in [3.8, 4) is 0 Å². The number of hydrogen-bond donors (Lipinski definition) is 0. The molecule has 0 aromatic carbocycles. The molecule has 10 heteroatoms. The van der Waals surface area contributed by atoms with Crippen molar-refractivity contribution >= 4 is 12.1 Å². The Hall–Kier alpha value is -1.62. The summed E-state index contributed by atoms with van der Waals surface area (Å²) in [6, 6.07) is -0.537. The molecule has 0 radical (unpaired) electrons. The SMILES string of the molecule is CCC(C)(OC)N1C(=O)N(COC)C2C1N(COC)C(=O)N2COC. The molecule has 2 heterocycles. The highest BCUT2D eigenvalue weighted by molar-refractivity contribution is 5.85. The van der Waals surface area contributed by atoms with E-state index < -0.39 is 18.1 Å². The first-order valence-electron chi connectivity index (χ1n) is 8.10. The topological polar surface area (TPSA) is 84.0 Å². The van der Waals surface area contributed by atoms with E-state index in [-0.39, 0.29) is 32.3 Å². The Morgan fingerprint density at radius 1 is 0.840 bits per heavy atom. The van der Waals surface area contributed by atoms with Crippen LogP contribution in [-0.2, 0) is 18.9 Å². The van der Waals surface area contributed by atoms with E-state index in [2.05, 4.69) is 0 Å². The van der Waals surface area contributed by atoms with Gasteiger partial charge < -0.3 is 18.9 Å². The van der Waals surface area contributed by atoms with Crippen molar-refractivity contribution in [3.63, 3.8) is 0 Å². The summed E-state index contributed by atoms with van der Waals surface area (Å²) in [5.41, 5.74) is -0.877. The van der Waals surface area contributed by atoms with Gasteiger partial charge in [0, 0.05) is 28.4 Å². The van der Waals surface area contributed by atoms with E-state index in [1.807, 2.05) is 13.8 Å². The van der Waals surface area contributed by atoms with Gasteiger partial charge in [-0.2, -0.15) is 0 Å². The Labute approximate surface area is 148 Å². The third-order valence-electron chi connectivity index (χ3n) is 4.84. The van der Waals surface area contributed by atoms with Gasteiger partial charge in [-0.3, -0.25) is 19.6 Å². The Bertz CT molecular complexity index is 496. The van der Waals surface area contributed by atoms with E-state index in [1.165, 1.54) is 36.0 Å². The number of urea groups is 2. The van der Waals surface area contributed by atoms with Gasteiger partial charge in [0.2, 0.25) is 0 Å². The van der Waals surface area contributed by atoms with E-state index in [0.717, 1.165) is 0 Å². The van der Waals surface area contributed by atoms with Crippen molar-refractivity contribution in [2.45, 2.75) is 38.3 Å². The zero-order chi connectivity index (χ0) is 18.8. The highest BCUT2D eigenvalue weighted by Gasteiger charge is 2.62. The highest BCUT2D eigenvalue weighted by Crippen LogP contribution is 2.40. The van der Waals surface area contributed by atoms with Gasteiger partial charge in [0.1, 0.15) is 25.9 Å². The van der Waals surface area contributed by atoms with Crippen LogP contribution in [0.2, 0.25) is 0 Å². The molecule has 0 bridgehead atoms. The average molecular weight is 360 g/mol. The molecule has 0 aliphatic carbocycles. The number of carbonyl (C=O) groups excluding carboxylic acids is 2. The zero-order valence-corrected chi connectivity index (χ0v) is 15.7. The third-order valence-corrected chi connectivity index (χ3v) is 4.84. The fourth-order valence-corrected chi connectivity index (χ4v) is 3.39. The molecule has 0 aromatic heterocycles. The van der Waals surface area contributed by atoms with Crippen LogP contribution in [0.25, 0.3) is 0 Å². The molecule has 0 spiro atoms. The number of fused-ring (bicyclic) bond motifs is 1. The van der Waals surface area contributed by atoms with Crippen LogP contribution in [-0.4, -0.2) is 98.4 Å². The highest BCUT2D eigenvalue weighted by atomic mass is 16.5. The fourth-order valence-electron chi connectivity index (χ4n) is 3.39. The molecule has 25 heavy (non-hydrogen) atoms. The molecule has 144 valence electrons. The molecule has 0 aromatic rings. The molecule has 2 rings (SSSR count). The van der Waals surface area contributed by atoms with E-state index in [4.69, 9.17) is 18.9 Å². The molecule has 3 atom stereocenters. The van der Waals surface area contributed by atoms with Crippen molar-refractivity contribution in [1.29, 1.82) is 0 Å². The minimum Gasteiger partial charge on any atom is -0.364 e. The molecule has 2 aliphatic rings. The van der Waals surface area contributed by atoms with E-state index in [9.17, 15) is 9.59 Å². The Balaban J connectivity index is 2.52. The summed E-state index contributed by atoms with van der Waals surface area (Å²) in [5.74, 6) is 0.